The van der Waals surface area contributed by atoms with Gasteiger partial charge in [0.15, 0.2) is 0 Å². The van der Waals surface area contributed by atoms with Crippen molar-refractivity contribution in [2.45, 2.75) is 17.4 Å². The monoisotopic (exact) mass is 247 g/mol. The Morgan fingerprint density at radius 3 is 2.44 bits per heavy atom. The smallest absolute Gasteiger partial charge is 0.247 e. The third-order valence-electron chi connectivity index (χ3n) is 2.04. The van der Waals surface area contributed by atoms with Crippen LogP contribution in [0.5, 0.6) is 0 Å². The number of alkyl halides is 2. The molecule has 5 heteroatoms. The topological polar surface area (TPSA) is 32.3 Å². The summed E-state index contributed by atoms with van der Waals surface area (Å²) in [6.07, 6.45) is -2.85. The lowest BCUT2D eigenvalue weighted by Crippen LogP contribution is -2.16. The van der Waals surface area contributed by atoms with E-state index in [0.717, 1.165) is 22.2 Å². The second kappa shape index (κ2) is 6.83. The number of nitrogens with one attached hydrogen (secondary N) is 1. The van der Waals surface area contributed by atoms with Crippen molar-refractivity contribution in [3.63, 3.8) is 0 Å². The Labute approximate surface area is 98.1 Å². The van der Waals surface area contributed by atoms with E-state index >= 15 is 0 Å². The standard InChI is InChI=1S/C11H15F2NOS/c1-14-6-10(15)8-2-4-9(5-3-8)16-7-11(12)13/h2-5,10-11,14-15H,6-7H2,1H3. The number of benzene rings is 1. The van der Waals surface area contributed by atoms with E-state index in [1.807, 2.05) is 0 Å². The quantitative estimate of drug-likeness (QED) is 0.757. The third-order valence-corrected chi connectivity index (χ3v) is 3.06. The molecular formula is C11H15F2NOS. The maximum absolute atomic E-state index is 12.0. The molecule has 0 aliphatic rings. The van der Waals surface area contributed by atoms with Gasteiger partial charge in [0.1, 0.15) is 0 Å². The van der Waals surface area contributed by atoms with E-state index in [-0.39, 0.29) is 5.75 Å². The molecule has 0 aliphatic carbocycles. The Morgan fingerprint density at radius 2 is 1.94 bits per heavy atom. The maximum Gasteiger partial charge on any atom is 0.247 e. The van der Waals surface area contributed by atoms with Crippen molar-refractivity contribution >= 4 is 11.8 Å². The molecule has 1 atom stereocenters. The molecule has 0 saturated carbocycles. The summed E-state index contributed by atoms with van der Waals surface area (Å²) in [6.45, 7) is 0.476. The van der Waals surface area contributed by atoms with Crippen LogP contribution in [0.4, 0.5) is 8.78 Å². The molecule has 0 radical (unpaired) electrons. The fourth-order valence-electron chi connectivity index (χ4n) is 1.26. The van der Waals surface area contributed by atoms with Crippen LogP contribution in [0.3, 0.4) is 0 Å². The number of aliphatic hydroxyl groups excluding tert-OH is 1. The second-order valence-electron chi connectivity index (χ2n) is 3.34. The van der Waals surface area contributed by atoms with Crippen molar-refractivity contribution in [1.29, 1.82) is 0 Å². The number of rotatable bonds is 6. The molecule has 0 amide bonds. The minimum Gasteiger partial charge on any atom is -0.387 e. The summed E-state index contributed by atoms with van der Waals surface area (Å²) in [5.41, 5.74) is 0.788. The number of hydrogen-bond donors (Lipinski definition) is 2. The lowest BCUT2D eigenvalue weighted by Gasteiger charge is -2.10. The van der Waals surface area contributed by atoms with Crippen LogP contribution in [0.1, 0.15) is 11.7 Å². The van der Waals surface area contributed by atoms with Crippen LogP contribution < -0.4 is 5.32 Å². The first-order chi connectivity index (χ1) is 7.63. The second-order valence-corrected chi connectivity index (χ2v) is 4.44. The van der Waals surface area contributed by atoms with Gasteiger partial charge in [0, 0.05) is 11.4 Å². The molecule has 1 aromatic carbocycles. The molecule has 0 heterocycles. The number of likely N-dealkylation sites (N-methyl/N-ethyl adjacent to an activating group) is 1. The highest BCUT2D eigenvalue weighted by Crippen LogP contribution is 2.22. The number of aliphatic hydroxyl groups is 1. The van der Waals surface area contributed by atoms with Gasteiger partial charge in [0.05, 0.1) is 11.9 Å². The first kappa shape index (κ1) is 13.4. The third kappa shape index (κ3) is 4.47. The predicted octanol–water partition coefficient (Wildman–Crippen LogP) is 2.30. The molecule has 1 rings (SSSR count). The zero-order valence-electron chi connectivity index (χ0n) is 8.99. The van der Waals surface area contributed by atoms with Gasteiger partial charge < -0.3 is 10.4 Å². The van der Waals surface area contributed by atoms with Crippen LogP contribution in [0.15, 0.2) is 29.2 Å². The predicted molar refractivity (Wildman–Crippen MR) is 62.1 cm³/mol. The normalized spacial score (nSPS) is 13.1. The minimum atomic E-state index is -2.29. The van der Waals surface area contributed by atoms with Gasteiger partial charge in [-0.2, -0.15) is 0 Å². The van der Waals surface area contributed by atoms with Crippen molar-refractivity contribution < 1.29 is 13.9 Å². The van der Waals surface area contributed by atoms with Crippen LogP contribution in [0.2, 0.25) is 0 Å². The van der Waals surface area contributed by atoms with Crippen LogP contribution in [-0.4, -0.2) is 30.9 Å². The van der Waals surface area contributed by atoms with Gasteiger partial charge in [-0.05, 0) is 24.7 Å². The van der Waals surface area contributed by atoms with Crippen molar-refractivity contribution in [1.82, 2.24) is 5.32 Å². The number of halogens is 2. The average Bonchev–Trinajstić information content (AvgIpc) is 2.27. The van der Waals surface area contributed by atoms with Gasteiger partial charge in [-0.25, -0.2) is 8.78 Å². The van der Waals surface area contributed by atoms with Crippen molar-refractivity contribution in [3.05, 3.63) is 29.8 Å². The highest BCUT2D eigenvalue weighted by molar-refractivity contribution is 7.99. The SMILES string of the molecule is CNCC(O)c1ccc(SCC(F)F)cc1. The Kier molecular flexibility index (Phi) is 5.73. The summed E-state index contributed by atoms with van der Waals surface area (Å²) in [4.78, 5) is 0.792. The largest absolute Gasteiger partial charge is 0.387 e. The maximum atomic E-state index is 12.0. The molecule has 0 spiro atoms. The van der Waals surface area contributed by atoms with Crippen LogP contribution in [-0.2, 0) is 0 Å². The molecule has 0 bridgehead atoms. The fraction of sp³-hybridized carbons (Fsp3) is 0.455. The van der Waals surface area contributed by atoms with Gasteiger partial charge in [-0.1, -0.05) is 12.1 Å². The molecule has 1 unspecified atom stereocenters. The van der Waals surface area contributed by atoms with Crippen molar-refractivity contribution in [3.8, 4) is 0 Å². The molecule has 0 fully saturated rings. The lowest BCUT2D eigenvalue weighted by molar-refractivity contribution is 0.176. The van der Waals surface area contributed by atoms with Crippen LogP contribution in [0.25, 0.3) is 0 Å². The van der Waals surface area contributed by atoms with E-state index in [1.165, 1.54) is 0 Å². The highest BCUT2D eigenvalue weighted by atomic mass is 32.2. The van der Waals surface area contributed by atoms with Gasteiger partial charge >= 0.3 is 0 Å². The van der Waals surface area contributed by atoms with Crippen molar-refractivity contribution in [2.75, 3.05) is 19.3 Å². The molecule has 0 saturated heterocycles. The average molecular weight is 247 g/mol. The van der Waals surface area contributed by atoms with Gasteiger partial charge in [-0.15, -0.1) is 11.8 Å². The lowest BCUT2D eigenvalue weighted by atomic mass is 10.1. The van der Waals surface area contributed by atoms with Crippen LogP contribution in [0, 0.1) is 0 Å². The Hall–Kier alpha value is -0.650. The zero-order valence-corrected chi connectivity index (χ0v) is 9.81. The minimum absolute atomic E-state index is 0.196. The van der Waals surface area contributed by atoms with Crippen LogP contribution >= 0.6 is 11.8 Å². The first-order valence-electron chi connectivity index (χ1n) is 4.97. The number of hydrogen-bond acceptors (Lipinski definition) is 3. The van der Waals surface area contributed by atoms with E-state index in [2.05, 4.69) is 5.32 Å². The Morgan fingerprint density at radius 1 is 1.31 bits per heavy atom. The van der Waals surface area contributed by atoms with E-state index in [9.17, 15) is 13.9 Å². The Bertz CT molecular complexity index is 305. The van der Waals surface area contributed by atoms with Crippen molar-refractivity contribution in [2.24, 2.45) is 0 Å². The molecular weight excluding hydrogens is 232 g/mol. The molecule has 0 aliphatic heterocycles. The van der Waals surface area contributed by atoms with E-state index in [4.69, 9.17) is 0 Å². The summed E-state index contributed by atoms with van der Waals surface area (Å²) < 4.78 is 23.9. The van der Waals surface area contributed by atoms with E-state index in [1.54, 1.807) is 31.3 Å². The van der Waals surface area contributed by atoms with E-state index < -0.39 is 12.5 Å². The first-order valence-corrected chi connectivity index (χ1v) is 5.95. The number of thioether (sulfide) groups is 1. The van der Waals surface area contributed by atoms with Gasteiger partial charge in [0.2, 0.25) is 6.43 Å². The molecule has 1 aromatic rings. The summed E-state index contributed by atoms with van der Waals surface area (Å²) in [6, 6.07) is 7.02. The molecule has 0 aromatic heterocycles. The zero-order chi connectivity index (χ0) is 12.0. The molecule has 90 valence electrons. The summed E-state index contributed by atoms with van der Waals surface area (Å²) in [5, 5.41) is 12.5. The molecule has 2 N–H and O–H groups in total. The Balaban J connectivity index is 2.53. The highest BCUT2D eigenvalue weighted by Gasteiger charge is 2.07. The fourth-order valence-corrected chi connectivity index (χ4v) is 1.90. The summed E-state index contributed by atoms with van der Waals surface area (Å²) in [7, 11) is 1.76. The molecule has 16 heavy (non-hydrogen) atoms. The summed E-state index contributed by atoms with van der Waals surface area (Å²) >= 11 is 1.12. The molecule has 2 nitrogen and oxygen atoms in total. The van der Waals surface area contributed by atoms with Gasteiger partial charge in [0.25, 0.3) is 0 Å². The van der Waals surface area contributed by atoms with E-state index in [0.29, 0.717) is 6.54 Å². The van der Waals surface area contributed by atoms with Gasteiger partial charge in [-0.3, -0.25) is 0 Å². The summed E-state index contributed by atoms with van der Waals surface area (Å²) in [5.74, 6) is -0.196.